The van der Waals surface area contributed by atoms with Crippen molar-refractivity contribution in [1.29, 1.82) is 0 Å². The second-order valence-electron chi connectivity index (χ2n) is 5.90. The molecule has 0 fully saturated rings. The monoisotopic (exact) mass is 367 g/mol. The molecule has 0 saturated carbocycles. The van der Waals surface area contributed by atoms with Crippen LogP contribution < -0.4 is 5.32 Å². The molecular weight excluding hydrogens is 346 g/mol. The summed E-state index contributed by atoms with van der Waals surface area (Å²) in [5, 5.41) is 12.2. The van der Waals surface area contributed by atoms with Crippen LogP contribution in [0.1, 0.15) is 18.9 Å². The molecule has 0 aliphatic heterocycles. The smallest absolute Gasteiger partial charge is 0.234 e. The summed E-state index contributed by atoms with van der Waals surface area (Å²) in [6.07, 6.45) is 4.46. The quantitative estimate of drug-likeness (QED) is 0.643. The normalized spacial score (nSPS) is 10.7. The van der Waals surface area contributed by atoms with Crippen LogP contribution in [0.3, 0.4) is 0 Å². The maximum Gasteiger partial charge on any atom is 0.234 e. The predicted molar refractivity (Wildman–Crippen MR) is 104 cm³/mol. The van der Waals surface area contributed by atoms with Gasteiger partial charge in [-0.1, -0.05) is 36.4 Å². The number of pyridine rings is 1. The highest BCUT2D eigenvalue weighted by Crippen LogP contribution is 2.24. The van der Waals surface area contributed by atoms with Gasteiger partial charge < -0.3 is 9.88 Å². The fourth-order valence-electron chi connectivity index (χ4n) is 2.49. The lowest BCUT2D eigenvalue weighted by atomic mass is 10.2. The van der Waals surface area contributed by atoms with Crippen LogP contribution in [0.5, 0.6) is 0 Å². The molecule has 2 aromatic heterocycles. The SMILES string of the molecule is CCCn1c(SCC(=O)Nc2ccc(C)cc2)nnc1-c1cccnc1. The van der Waals surface area contributed by atoms with E-state index in [2.05, 4.69) is 27.4 Å². The number of aromatic nitrogens is 4. The van der Waals surface area contributed by atoms with Crippen molar-refractivity contribution >= 4 is 23.4 Å². The number of thioether (sulfide) groups is 1. The molecule has 3 aromatic rings. The molecule has 0 radical (unpaired) electrons. The van der Waals surface area contributed by atoms with E-state index in [1.54, 1.807) is 12.4 Å². The minimum Gasteiger partial charge on any atom is -0.325 e. The summed E-state index contributed by atoms with van der Waals surface area (Å²) >= 11 is 1.39. The average molecular weight is 367 g/mol. The lowest BCUT2D eigenvalue weighted by Gasteiger charge is -2.09. The zero-order valence-corrected chi connectivity index (χ0v) is 15.7. The minimum absolute atomic E-state index is 0.0622. The molecule has 3 rings (SSSR count). The molecule has 1 amide bonds. The molecular formula is C19H21N5OS. The molecule has 7 heteroatoms. The molecule has 1 N–H and O–H groups in total. The third kappa shape index (κ3) is 4.49. The van der Waals surface area contributed by atoms with Crippen LogP contribution in [-0.2, 0) is 11.3 Å². The zero-order valence-electron chi connectivity index (χ0n) is 14.8. The van der Waals surface area contributed by atoms with Gasteiger partial charge in [0.2, 0.25) is 5.91 Å². The van der Waals surface area contributed by atoms with Crippen molar-refractivity contribution in [3.63, 3.8) is 0 Å². The van der Waals surface area contributed by atoms with Crippen LogP contribution in [0.4, 0.5) is 5.69 Å². The summed E-state index contributed by atoms with van der Waals surface area (Å²) in [6.45, 7) is 4.91. The summed E-state index contributed by atoms with van der Waals surface area (Å²) in [7, 11) is 0. The summed E-state index contributed by atoms with van der Waals surface area (Å²) in [5.74, 6) is 0.997. The fourth-order valence-corrected chi connectivity index (χ4v) is 3.26. The second kappa shape index (κ2) is 8.62. The molecule has 0 aliphatic carbocycles. The van der Waals surface area contributed by atoms with Gasteiger partial charge in [0.25, 0.3) is 0 Å². The van der Waals surface area contributed by atoms with Gasteiger partial charge in [-0.3, -0.25) is 9.78 Å². The Morgan fingerprint density at radius 2 is 2.00 bits per heavy atom. The maximum absolute atomic E-state index is 12.2. The number of nitrogens with zero attached hydrogens (tertiary/aromatic N) is 4. The van der Waals surface area contributed by atoms with Gasteiger partial charge >= 0.3 is 0 Å². The number of aryl methyl sites for hydroxylation is 1. The van der Waals surface area contributed by atoms with Crippen LogP contribution in [0.2, 0.25) is 0 Å². The minimum atomic E-state index is -0.0622. The van der Waals surface area contributed by atoms with Gasteiger partial charge in [-0.2, -0.15) is 0 Å². The lowest BCUT2D eigenvalue weighted by molar-refractivity contribution is -0.113. The molecule has 1 aromatic carbocycles. The van der Waals surface area contributed by atoms with Crippen LogP contribution in [0.15, 0.2) is 53.9 Å². The topological polar surface area (TPSA) is 72.7 Å². The number of hydrogen-bond acceptors (Lipinski definition) is 5. The van der Waals surface area contributed by atoms with Gasteiger partial charge in [-0.25, -0.2) is 0 Å². The van der Waals surface area contributed by atoms with Gasteiger partial charge in [0.05, 0.1) is 5.75 Å². The van der Waals surface area contributed by atoms with Crippen LogP contribution >= 0.6 is 11.8 Å². The van der Waals surface area contributed by atoms with Crippen molar-refractivity contribution < 1.29 is 4.79 Å². The maximum atomic E-state index is 12.2. The number of carbonyl (C=O) groups excluding carboxylic acids is 1. The highest BCUT2D eigenvalue weighted by atomic mass is 32.2. The number of hydrogen-bond donors (Lipinski definition) is 1. The lowest BCUT2D eigenvalue weighted by Crippen LogP contribution is -2.14. The fraction of sp³-hybridized carbons (Fsp3) is 0.263. The average Bonchev–Trinajstić information content (AvgIpc) is 3.06. The third-order valence-corrected chi connectivity index (χ3v) is 4.72. The molecule has 0 bridgehead atoms. The Kier molecular flexibility index (Phi) is 6.01. The van der Waals surface area contributed by atoms with Crippen molar-refractivity contribution in [3.05, 3.63) is 54.4 Å². The molecule has 2 heterocycles. The summed E-state index contributed by atoms with van der Waals surface area (Å²) in [4.78, 5) is 16.4. The second-order valence-corrected chi connectivity index (χ2v) is 6.84. The standard InChI is InChI=1S/C19H21N5OS/c1-3-11-24-18(15-5-4-10-20-12-15)22-23-19(24)26-13-17(25)21-16-8-6-14(2)7-9-16/h4-10,12H,3,11,13H2,1-2H3,(H,21,25). The number of rotatable bonds is 7. The first-order valence-corrected chi connectivity index (χ1v) is 9.49. The molecule has 0 spiro atoms. The number of benzene rings is 1. The highest BCUT2D eigenvalue weighted by molar-refractivity contribution is 7.99. The van der Waals surface area contributed by atoms with Gasteiger partial charge in [0.15, 0.2) is 11.0 Å². The zero-order chi connectivity index (χ0) is 18.4. The van der Waals surface area contributed by atoms with Crippen molar-refractivity contribution in [2.45, 2.75) is 32.0 Å². The van der Waals surface area contributed by atoms with E-state index >= 15 is 0 Å². The Balaban J connectivity index is 1.68. The van der Waals surface area contributed by atoms with E-state index in [1.165, 1.54) is 11.8 Å². The van der Waals surface area contributed by atoms with E-state index < -0.39 is 0 Å². The summed E-state index contributed by atoms with van der Waals surface area (Å²) < 4.78 is 2.04. The number of carbonyl (C=O) groups is 1. The van der Waals surface area contributed by atoms with E-state index in [0.717, 1.165) is 40.8 Å². The molecule has 0 aliphatic rings. The van der Waals surface area contributed by atoms with Gasteiger partial charge in [-0.15, -0.1) is 10.2 Å². The Labute approximate surface area is 157 Å². The van der Waals surface area contributed by atoms with E-state index in [1.807, 2.05) is 47.9 Å². The van der Waals surface area contributed by atoms with Crippen LogP contribution in [0.25, 0.3) is 11.4 Å². The third-order valence-electron chi connectivity index (χ3n) is 3.75. The largest absolute Gasteiger partial charge is 0.325 e. The van der Waals surface area contributed by atoms with E-state index in [0.29, 0.717) is 0 Å². The first kappa shape index (κ1) is 18.1. The number of amides is 1. The predicted octanol–water partition coefficient (Wildman–Crippen LogP) is 3.79. The Hall–Kier alpha value is -2.67. The van der Waals surface area contributed by atoms with Gasteiger partial charge in [0.1, 0.15) is 0 Å². The van der Waals surface area contributed by atoms with Gasteiger partial charge in [-0.05, 0) is 37.6 Å². The molecule has 134 valence electrons. The Morgan fingerprint density at radius 1 is 1.19 bits per heavy atom. The first-order chi connectivity index (χ1) is 12.7. The van der Waals surface area contributed by atoms with Crippen LogP contribution in [-0.4, -0.2) is 31.4 Å². The highest BCUT2D eigenvalue weighted by Gasteiger charge is 2.15. The van der Waals surface area contributed by atoms with Gasteiger partial charge in [0, 0.05) is 30.2 Å². The van der Waals surface area contributed by atoms with Crippen molar-refractivity contribution in [2.75, 3.05) is 11.1 Å². The molecule has 0 unspecified atom stereocenters. The number of anilines is 1. The van der Waals surface area contributed by atoms with E-state index in [-0.39, 0.29) is 11.7 Å². The molecule has 0 saturated heterocycles. The van der Waals surface area contributed by atoms with Crippen molar-refractivity contribution in [1.82, 2.24) is 19.7 Å². The Morgan fingerprint density at radius 3 is 2.69 bits per heavy atom. The Bertz CT molecular complexity index is 861. The van der Waals surface area contributed by atoms with E-state index in [4.69, 9.17) is 0 Å². The summed E-state index contributed by atoms with van der Waals surface area (Å²) in [6, 6.07) is 11.6. The molecule has 26 heavy (non-hydrogen) atoms. The number of nitrogens with one attached hydrogen (secondary N) is 1. The van der Waals surface area contributed by atoms with Crippen molar-refractivity contribution in [3.8, 4) is 11.4 Å². The first-order valence-electron chi connectivity index (χ1n) is 8.50. The molecule has 6 nitrogen and oxygen atoms in total. The van der Waals surface area contributed by atoms with Crippen LogP contribution in [0, 0.1) is 6.92 Å². The summed E-state index contributed by atoms with van der Waals surface area (Å²) in [5.41, 5.74) is 2.88. The van der Waals surface area contributed by atoms with Crippen molar-refractivity contribution in [2.24, 2.45) is 0 Å². The van der Waals surface area contributed by atoms with E-state index in [9.17, 15) is 4.79 Å². The molecule has 0 atom stereocenters.